The summed E-state index contributed by atoms with van der Waals surface area (Å²) in [5, 5.41) is 2.83. The quantitative estimate of drug-likeness (QED) is 0.819. The molecule has 0 saturated carbocycles. The van der Waals surface area contributed by atoms with Gasteiger partial charge in [-0.15, -0.1) is 0 Å². The maximum atomic E-state index is 12.6. The van der Waals surface area contributed by atoms with Crippen LogP contribution in [0, 0.1) is 0 Å². The normalized spacial score (nSPS) is 10.1. The van der Waals surface area contributed by atoms with Gasteiger partial charge in [0.2, 0.25) is 0 Å². The lowest BCUT2D eigenvalue weighted by Gasteiger charge is -2.14. The Labute approximate surface area is 143 Å². The zero-order valence-electron chi connectivity index (χ0n) is 13.2. The number of hydrogen-bond donors (Lipinski definition) is 1. The molecule has 2 aromatic carbocycles. The van der Waals surface area contributed by atoms with Crippen LogP contribution in [0.4, 0.5) is 5.69 Å². The van der Waals surface area contributed by atoms with E-state index in [4.69, 9.17) is 14.2 Å². The smallest absolute Gasteiger partial charge is 0.259 e. The van der Waals surface area contributed by atoms with Gasteiger partial charge in [-0.25, -0.2) is 0 Å². The fourth-order valence-corrected chi connectivity index (χ4v) is 2.41. The molecule has 5 nitrogen and oxygen atoms in total. The summed E-state index contributed by atoms with van der Waals surface area (Å²) in [6.07, 6.45) is 0. The minimum Gasteiger partial charge on any atom is -0.497 e. The largest absolute Gasteiger partial charge is 0.497 e. The Morgan fingerprint density at radius 1 is 1.09 bits per heavy atom. The Balaban J connectivity index is 2.30. The van der Waals surface area contributed by atoms with Gasteiger partial charge in [0.1, 0.15) is 17.2 Å². The number of carbonyl (C=O) groups excluding carboxylic acids is 1. The van der Waals surface area contributed by atoms with Crippen LogP contribution in [0.2, 0.25) is 0 Å². The second-order valence-electron chi connectivity index (χ2n) is 4.59. The van der Waals surface area contributed by atoms with Crippen molar-refractivity contribution < 1.29 is 19.0 Å². The lowest BCUT2D eigenvalue weighted by Crippen LogP contribution is -2.14. The Morgan fingerprint density at radius 2 is 1.87 bits per heavy atom. The third-order valence-electron chi connectivity index (χ3n) is 3.14. The SMILES string of the molecule is CCOc1ccc(Br)cc1C(=O)Nc1ccc(OC)cc1OC. The van der Waals surface area contributed by atoms with E-state index < -0.39 is 0 Å². The molecule has 0 aromatic heterocycles. The molecule has 0 aliphatic rings. The molecule has 122 valence electrons. The van der Waals surface area contributed by atoms with Gasteiger partial charge in [0.15, 0.2) is 0 Å². The van der Waals surface area contributed by atoms with Crippen LogP contribution >= 0.6 is 15.9 Å². The maximum Gasteiger partial charge on any atom is 0.259 e. The molecule has 1 N–H and O–H groups in total. The van der Waals surface area contributed by atoms with E-state index in [1.54, 1.807) is 37.4 Å². The van der Waals surface area contributed by atoms with E-state index in [1.807, 2.05) is 13.0 Å². The van der Waals surface area contributed by atoms with Gasteiger partial charge in [-0.05, 0) is 37.3 Å². The summed E-state index contributed by atoms with van der Waals surface area (Å²) < 4.78 is 16.7. The van der Waals surface area contributed by atoms with Crippen molar-refractivity contribution in [3.05, 3.63) is 46.4 Å². The maximum absolute atomic E-state index is 12.6. The van der Waals surface area contributed by atoms with Crippen LogP contribution in [0.3, 0.4) is 0 Å². The van der Waals surface area contributed by atoms with Crippen LogP contribution < -0.4 is 19.5 Å². The molecule has 0 fully saturated rings. The van der Waals surface area contributed by atoms with Crippen molar-refractivity contribution in [2.45, 2.75) is 6.92 Å². The van der Waals surface area contributed by atoms with Crippen molar-refractivity contribution in [2.75, 3.05) is 26.1 Å². The van der Waals surface area contributed by atoms with Gasteiger partial charge in [0, 0.05) is 10.5 Å². The number of ether oxygens (including phenoxy) is 3. The fraction of sp³-hybridized carbons (Fsp3) is 0.235. The van der Waals surface area contributed by atoms with E-state index in [0.717, 1.165) is 4.47 Å². The Morgan fingerprint density at radius 3 is 2.52 bits per heavy atom. The summed E-state index contributed by atoms with van der Waals surface area (Å²) in [4.78, 5) is 12.6. The molecule has 1 amide bonds. The molecule has 6 heteroatoms. The standard InChI is InChI=1S/C17H18BrNO4/c1-4-23-15-8-5-11(18)9-13(15)17(20)19-14-7-6-12(21-2)10-16(14)22-3/h5-10H,4H2,1-3H3,(H,19,20). The molecule has 0 heterocycles. The molecule has 0 atom stereocenters. The number of halogens is 1. The number of hydrogen-bond acceptors (Lipinski definition) is 4. The first-order valence-electron chi connectivity index (χ1n) is 7.04. The topological polar surface area (TPSA) is 56.8 Å². The lowest BCUT2D eigenvalue weighted by atomic mass is 10.1. The van der Waals surface area contributed by atoms with E-state index in [9.17, 15) is 4.79 Å². The van der Waals surface area contributed by atoms with Crippen molar-refractivity contribution >= 4 is 27.5 Å². The molecule has 0 unspecified atom stereocenters. The molecular weight excluding hydrogens is 362 g/mol. The van der Waals surface area contributed by atoms with Gasteiger partial charge in [-0.3, -0.25) is 4.79 Å². The number of amides is 1. The predicted octanol–water partition coefficient (Wildman–Crippen LogP) is 4.12. The van der Waals surface area contributed by atoms with Gasteiger partial charge in [-0.2, -0.15) is 0 Å². The van der Waals surface area contributed by atoms with E-state index in [2.05, 4.69) is 21.2 Å². The van der Waals surface area contributed by atoms with Gasteiger partial charge < -0.3 is 19.5 Å². The second-order valence-corrected chi connectivity index (χ2v) is 5.51. The minimum absolute atomic E-state index is 0.279. The summed E-state index contributed by atoms with van der Waals surface area (Å²) in [5.41, 5.74) is 1.000. The molecule has 0 aliphatic heterocycles. The van der Waals surface area contributed by atoms with Crippen LogP contribution in [0.5, 0.6) is 17.2 Å². The summed E-state index contributed by atoms with van der Waals surface area (Å²) in [6.45, 7) is 2.35. The van der Waals surface area contributed by atoms with Crippen LogP contribution in [0.25, 0.3) is 0 Å². The zero-order chi connectivity index (χ0) is 16.8. The highest BCUT2D eigenvalue weighted by Gasteiger charge is 2.15. The lowest BCUT2D eigenvalue weighted by molar-refractivity contribution is 0.102. The third-order valence-corrected chi connectivity index (χ3v) is 3.64. The molecule has 2 aromatic rings. The van der Waals surface area contributed by atoms with Crippen molar-refractivity contribution in [1.29, 1.82) is 0 Å². The summed E-state index contributed by atoms with van der Waals surface area (Å²) >= 11 is 3.37. The van der Waals surface area contributed by atoms with Crippen LogP contribution in [0.15, 0.2) is 40.9 Å². The highest BCUT2D eigenvalue weighted by atomic mass is 79.9. The highest BCUT2D eigenvalue weighted by Crippen LogP contribution is 2.31. The molecule has 0 aliphatic carbocycles. The van der Waals surface area contributed by atoms with Crippen LogP contribution in [0.1, 0.15) is 17.3 Å². The molecule has 0 radical (unpaired) electrons. The zero-order valence-corrected chi connectivity index (χ0v) is 14.8. The Kier molecular flexibility index (Phi) is 5.87. The van der Waals surface area contributed by atoms with Gasteiger partial charge in [0.25, 0.3) is 5.91 Å². The molecule has 0 spiro atoms. The first-order valence-corrected chi connectivity index (χ1v) is 7.84. The first kappa shape index (κ1) is 17.1. The Hall–Kier alpha value is -2.21. The van der Waals surface area contributed by atoms with Crippen molar-refractivity contribution in [1.82, 2.24) is 0 Å². The predicted molar refractivity (Wildman–Crippen MR) is 92.8 cm³/mol. The summed E-state index contributed by atoms with van der Waals surface area (Å²) in [6, 6.07) is 10.5. The van der Waals surface area contributed by atoms with Crippen LogP contribution in [-0.4, -0.2) is 26.7 Å². The summed E-state index contributed by atoms with van der Waals surface area (Å²) in [7, 11) is 3.11. The number of benzene rings is 2. The van der Waals surface area contributed by atoms with Gasteiger partial charge >= 0.3 is 0 Å². The van der Waals surface area contributed by atoms with E-state index in [-0.39, 0.29) is 5.91 Å². The molecule has 0 bridgehead atoms. The van der Waals surface area contributed by atoms with Crippen molar-refractivity contribution in [3.63, 3.8) is 0 Å². The van der Waals surface area contributed by atoms with E-state index >= 15 is 0 Å². The number of nitrogens with one attached hydrogen (secondary N) is 1. The highest BCUT2D eigenvalue weighted by molar-refractivity contribution is 9.10. The van der Waals surface area contributed by atoms with E-state index in [1.165, 1.54) is 7.11 Å². The fourth-order valence-electron chi connectivity index (χ4n) is 2.05. The average Bonchev–Trinajstić information content (AvgIpc) is 2.56. The third kappa shape index (κ3) is 4.16. The summed E-state index contributed by atoms with van der Waals surface area (Å²) in [5.74, 6) is 1.42. The van der Waals surface area contributed by atoms with Gasteiger partial charge in [0.05, 0.1) is 32.1 Å². The number of rotatable bonds is 6. The number of carbonyl (C=O) groups is 1. The van der Waals surface area contributed by atoms with E-state index in [0.29, 0.717) is 35.1 Å². The molecular formula is C17H18BrNO4. The number of anilines is 1. The monoisotopic (exact) mass is 379 g/mol. The average molecular weight is 380 g/mol. The van der Waals surface area contributed by atoms with Crippen molar-refractivity contribution in [3.8, 4) is 17.2 Å². The molecule has 0 saturated heterocycles. The van der Waals surface area contributed by atoms with Crippen molar-refractivity contribution in [2.24, 2.45) is 0 Å². The first-order chi connectivity index (χ1) is 11.1. The molecule has 2 rings (SSSR count). The molecule has 23 heavy (non-hydrogen) atoms. The Bertz CT molecular complexity index is 703. The minimum atomic E-state index is -0.279. The second kappa shape index (κ2) is 7.87. The van der Waals surface area contributed by atoms with Crippen LogP contribution in [-0.2, 0) is 0 Å². The number of methoxy groups -OCH3 is 2. The van der Waals surface area contributed by atoms with Gasteiger partial charge in [-0.1, -0.05) is 15.9 Å².